The minimum atomic E-state index is -0.380. The van der Waals surface area contributed by atoms with Gasteiger partial charge in [0.05, 0.1) is 5.76 Å². The molecular formula is C84H149NO16. The summed E-state index contributed by atoms with van der Waals surface area (Å²) < 4.78 is 55.7. The summed E-state index contributed by atoms with van der Waals surface area (Å²) in [7, 11) is 10.2. The number of hydrogen-bond donors (Lipinski definition) is 0. The Balaban J connectivity index is -0.000000211. The second kappa shape index (κ2) is 94.0. The number of hydrogen-bond acceptors (Lipinski definition) is 16. The molecule has 2 N–H and O–H groups in total. The van der Waals surface area contributed by atoms with Crippen LogP contribution >= 0.6 is 0 Å². The summed E-state index contributed by atoms with van der Waals surface area (Å²) in [6, 6.07) is 0. The van der Waals surface area contributed by atoms with Gasteiger partial charge in [-0.05, 0) is 126 Å². The first-order valence-corrected chi connectivity index (χ1v) is 36.8. The Kier molecular flexibility index (Phi) is 101. The van der Waals surface area contributed by atoms with Crippen LogP contribution in [0.15, 0.2) is 164 Å². The SMILES string of the molecule is C=CC(C=C)OC(=C)CCCCCCCCCCCOC.C=CC(C=C)OC(=O)CCCCCCCOC.C=CC(C=C)OC(=O)CCCCCOC.C=CC(C=C)OC(=O)CCCOC.C=CCC(CC=C)OC(=O)CCCCCOC.C=CCN(CC=C)CCCCCCCCOC.O. The third-order valence-corrected chi connectivity index (χ3v) is 14.7. The molecule has 0 radical (unpaired) electrons. The van der Waals surface area contributed by atoms with Crippen molar-refractivity contribution in [3.05, 3.63) is 164 Å². The predicted molar refractivity (Wildman–Crippen MR) is 424 cm³/mol. The fourth-order valence-corrected chi connectivity index (χ4v) is 8.97. The molecular weight excluding hydrogens is 1280 g/mol. The molecule has 0 spiro atoms. The van der Waals surface area contributed by atoms with Crippen molar-refractivity contribution >= 4 is 23.9 Å². The minimum absolute atomic E-state index is 0. The molecule has 0 aromatic carbocycles. The lowest BCUT2D eigenvalue weighted by Crippen LogP contribution is -2.24. The number of rotatable bonds is 67. The van der Waals surface area contributed by atoms with Crippen LogP contribution in [-0.4, -0.2) is 167 Å². The molecule has 17 heteroatoms. The van der Waals surface area contributed by atoms with Crippen LogP contribution in [0.25, 0.3) is 0 Å². The van der Waals surface area contributed by atoms with Gasteiger partial charge >= 0.3 is 23.9 Å². The zero-order valence-electron chi connectivity index (χ0n) is 65.0. The monoisotopic (exact) mass is 1430 g/mol. The maximum absolute atomic E-state index is 11.5. The lowest BCUT2D eigenvalue weighted by molar-refractivity contribution is -0.149. The third kappa shape index (κ3) is 92.0. The number of unbranched alkanes of at least 4 members (excludes halogenated alkanes) is 21. The van der Waals surface area contributed by atoms with Crippen LogP contribution < -0.4 is 0 Å². The number of allylic oxidation sites excluding steroid dienone is 1. The quantitative estimate of drug-likeness (QED) is 0.0183. The molecule has 0 aliphatic carbocycles. The Bertz CT molecular complexity index is 1940. The normalized spacial score (nSPS) is 10.2. The number of ether oxygens (including phenoxy) is 11. The summed E-state index contributed by atoms with van der Waals surface area (Å²) >= 11 is 0. The van der Waals surface area contributed by atoms with E-state index in [1.165, 1.54) is 102 Å². The molecule has 0 bridgehead atoms. The second-order valence-electron chi connectivity index (χ2n) is 23.6. The van der Waals surface area contributed by atoms with Crippen LogP contribution in [0.3, 0.4) is 0 Å². The molecule has 0 fully saturated rings. The lowest BCUT2D eigenvalue weighted by atomic mass is 10.1. The molecule has 0 aliphatic heterocycles. The van der Waals surface area contributed by atoms with E-state index in [1.54, 1.807) is 91.3 Å². The molecule has 0 heterocycles. The average Bonchev–Trinajstić information content (AvgIpc) is 1.61. The molecule has 0 atom stereocenters. The Morgan fingerprint density at radius 2 is 0.515 bits per heavy atom. The fraction of sp³-hybridized carbons (Fsp3) is 0.643. The van der Waals surface area contributed by atoms with Gasteiger partial charge in [-0.3, -0.25) is 24.1 Å². The molecule has 0 saturated carbocycles. The third-order valence-electron chi connectivity index (χ3n) is 14.7. The van der Waals surface area contributed by atoms with Crippen LogP contribution in [0, 0.1) is 0 Å². The Morgan fingerprint density at radius 3 is 0.792 bits per heavy atom. The van der Waals surface area contributed by atoms with Crippen LogP contribution in [0.2, 0.25) is 0 Å². The van der Waals surface area contributed by atoms with Gasteiger partial charge in [0.15, 0.2) is 0 Å². The molecule has 0 aromatic heterocycles. The Hall–Kier alpha value is -6.02. The number of methoxy groups -OCH3 is 6. The van der Waals surface area contributed by atoms with Gasteiger partial charge in [-0.25, -0.2) is 0 Å². The molecule has 101 heavy (non-hydrogen) atoms. The highest BCUT2D eigenvalue weighted by Gasteiger charge is 2.13. The lowest BCUT2D eigenvalue weighted by Gasteiger charge is -2.18. The van der Waals surface area contributed by atoms with E-state index in [2.05, 4.69) is 90.4 Å². The van der Waals surface area contributed by atoms with E-state index in [1.807, 2.05) is 12.2 Å². The van der Waals surface area contributed by atoms with Crippen LogP contribution in [0.1, 0.15) is 218 Å². The van der Waals surface area contributed by atoms with E-state index in [-0.39, 0.29) is 59.9 Å². The topological polar surface area (TPSA) is 205 Å². The number of carbonyl (C=O) groups is 4. The Labute approximate surface area is 617 Å². The van der Waals surface area contributed by atoms with E-state index < -0.39 is 0 Å². The number of esters is 4. The summed E-state index contributed by atoms with van der Waals surface area (Å²) in [6.45, 7) is 55.2. The highest BCUT2D eigenvalue weighted by atomic mass is 16.6. The van der Waals surface area contributed by atoms with Crippen molar-refractivity contribution < 1.29 is 76.8 Å². The van der Waals surface area contributed by atoms with Crippen molar-refractivity contribution in [1.29, 1.82) is 0 Å². The molecule has 17 nitrogen and oxygen atoms in total. The summed E-state index contributed by atoms with van der Waals surface area (Å²) in [5.41, 5.74) is 0. The molecule has 0 unspecified atom stereocenters. The van der Waals surface area contributed by atoms with Gasteiger partial charge in [0.25, 0.3) is 0 Å². The largest absolute Gasteiger partial charge is 0.487 e. The van der Waals surface area contributed by atoms with Crippen molar-refractivity contribution in [3.8, 4) is 0 Å². The zero-order chi connectivity index (χ0) is 76.0. The van der Waals surface area contributed by atoms with E-state index in [0.717, 1.165) is 142 Å². The first-order valence-electron chi connectivity index (χ1n) is 36.8. The van der Waals surface area contributed by atoms with Gasteiger partial charge < -0.3 is 57.6 Å². The van der Waals surface area contributed by atoms with Crippen molar-refractivity contribution in [2.24, 2.45) is 0 Å². The molecule has 0 aliphatic rings. The molecule has 0 saturated heterocycles. The van der Waals surface area contributed by atoms with E-state index >= 15 is 0 Å². The standard InChI is InChI=1S/C19H34O2.C15H29NO.2C14H24O3.C12H20O3.C10H16O3.H2O/c1-5-19(6-2)21-18(3)16-14-12-10-8-7-9-11-13-15-17-20-4;1-4-12-16(13-5-2)14-10-8-6-7-9-11-15-17-3;1-4-13(5-2)17-14(15)11-9-7-6-8-10-12-16-3;1-4-9-13(10-5-2)17-14(15)11-7-6-8-12-16-3;1-4-11(5-2)15-12(13)9-7-6-8-10-14-3;1-4-9(5-2)13-10(11)7-6-8-12-3;/h5-6,19H,1-3,7-17H2,4H3;4-5H,1-2,6-15H2,3H3;2*4-5,13H,1-2,6-12H2,3H3;4-5,11H,1-2,6-10H2,3H3;4-5,9H,1-2,6-8H2,3H3;1H2. The maximum Gasteiger partial charge on any atom is 0.306 e. The second-order valence-corrected chi connectivity index (χ2v) is 23.6. The minimum Gasteiger partial charge on any atom is -0.487 e. The van der Waals surface area contributed by atoms with Crippen molar-refractivity contribution in [2.75, 3.05) is 102 Å². The highest BCUT2D eigenvalue weighted by molar-refractivity contribution is 5.71. The molecule has 0 rings (SSSR count). The summed E-state index contributed by atoms with van der Waals surface area (Å²) in [5, 5.41) is 0. The van der Waals surface area contributed by atoms with E-state index in [4.69, 9.17) is 52.1 Å². The first-order chi connectivity index (χ1) is 48.5. The van der Waals surface area contributed by atoms with E-state index in [0.29, 0.717) is 51.6 Å². The molecule has 0 aromatic rings. The zero-order valence-corrected chi connectivity index (χ0v) is 65.0. The summed E-state index contributed by atoms with van der Waals surface area (Å²) in [4.78, 5) is 47.6. The van der Waals surface area contributed by atoms with Gasteiger partial charge in [0, 0.05) is 140 Å². The van der Waals surface area contributed by atoms with Gasteiger partial charge in [0.2, 0.25) is 0 Å². The van der Waals surface area contributed by atoms with Crippen molar-refractivity contribution in [3.63, 3.8) is 0 Å². The highest BCUT2D eigenvalue weighted by Crippen LogP contribution is 2.16. The van der Waals surface area contributed by atoms with Gasteiger partial charge in [-0.2, -0.15) is 0 Å². The number of carbonyl (C=O) groups excluding carboxylic acids is 4. The van der Waals surface area contributed by atoms with Gasteiger partial charge in [0.1, 0.15) is 30.5 Å². The van der Waals surface area contributed by atoms with Gasteiger partial charge in [-0.1, -0.05) is 186 Å². The Morgan fingerprint density at radius 1 is 0.287 bits per heavy atom. The summed E-state index contributed by atoms with van der Waals surface area (Å²) in [6.07, 6.45) is 54.1. The van der Waals surface area contributed by atoms with Crippen LogP contribution in [0.5, 0.6) is 0 Å². The maximum atomic E-state index is 11.5. The summed E-state index contributed by atoms with van der Waals surface area (Å²) in [5.74, 6) is 0.0971. The van der Waals surface area contributed by atoms with Crippen molar-refractivity contribution in [2.45, 2.75) is 249 Å². The predicted octanol–water partition coefficient (Wildman–Crippen LogP) is 19.3. The van der Waals surface area contributed by atoms with Gasteiger partial charge in [-0.15, -0.1) is 26.3 Å². The van der Waals surface area contributed by atoms with E-state index in [9.17, 15) is 19.2 Å². The molecule has 0 amide bonds. The smallest absolute Gasteiger partial charge is 0.306 e. The first kappa shape index (κ1) is 108. The van der Waals surface area contributed by atoms with Crippen molar-refractivity contribution in [1.82, 2.24) is 4.90 Å². The fourth-order valence-electron chi connectivity index (χ4n) is 8.97. The van der Waals surface area contributed by atoms with Crippen LogP contribution in [-0.2, 0) is 71.3 Å². The molecule has 586 valence electrons. The average molecular weight is 1430 g/mol. The van der Waals surface area contributed by atoms with Crippen LogP contribution in [0.4, 0.5) is 0 Å². The number of nitrogens with zero attached hydrogens (tertiary/aromatic N) is 1.